The monoisotopic (exact) mass is 386 g/mol. The van der Waals surface area contributed by atoms with Crippen molar-refractivity contribution in [3.63, 3.8) is 0 Å². The van der Waals surface area contributed by atoms with Gasteiger partial charge in [-0.15, -0.1) is 0 Å². The van der Waals surface area contributed by atoms with Crippen LogP contribution >= 0.6 is 0 Å². The first-order chi connectivity index (χ1) is 14.1. The highest BCUT2D eigenvalue weighted by atomic mass is 16.1. The van der Waals surface area contributed by atoms with Crippen LogP contribution in [0.1, 0.15) is 21.5 Å². The molecule has 0 atom stereocenters. The van der Waals surface area contributed by atoms with Gasteiger partial charge in [0.2, 0.25) is 0 Å². The molecule has 4 rings (SSSR count). The zero-order valence-corrected chi connectivity index (χ0v) is 16.9. The van der Waals surface area contributed by atoms with Gasteiger partial charge in [0.1, 0.15) is 0 Å². The van der Waals surface area contributed by atoms with Crippen molar-refractivity contribution in [1.29, 1.82) is 0 Å². The SMILES string of the molecule is Cc1cccc(NC(=O)c2cncc(N3CCN(c4ccccc4)CC3)c2)c1C. The average Bonchev–Trinajstić information content (AvgIpc) is 2.78. The van der Waals surface area contributed by atoms with E-state index >= 15 is 0 Å². The maximum atomic E-state index is 12.8. The molecular weight excluding hydrogens is 360 g/mol. The molecule has 29 heavy (non-hydrogen) atoms. The number of piperazine rings is 1. The molecule has 0 unspecified atom stereocenters. The second kappa shape index (κ2) is 8.35. The quantitative estimate of drug-likeness (QED) is 0.727. The fraction of sp³-hybridized carbons (Fsp3) is 0.250. The number of carbonyl (C=O) groups is 1. The molecule has 5 nitrogen and oxygen atoms in total. The maximum absolute atomic E-state index is 12.8. The van der Waals surface area contributed by atoms with Crippen LogP contribution in [0.5, 0.6) is 0 Å². The third kappa shape index (κ3) is 4.24. The van der Waals surface area contributed by atoms with Gasteiger partial charge in [-0.2, -0.15) is 0 Å². The van der Waals surface area contributed by atoms with Gasteiger partial charge in [-0.1, -0.05) is 30.3 Å². The fourth-order valence-electron chi connectivity index (χ4n) is 3.67. The number of rotatable bonds is 4. The molecule has 148 valence electrons. The van der Waals surface area contributed by atoms with Gasteiger partial charge in [-0.3, -0.25) is 9.78 Å². The Bertz CT molecular complexity index is 995. The number of pyridine rings is 1. The smallest absolute Gasteiger partial charge is 0.257 e. The molecule has 3 aromatic rings. The predicted octanol–water partition coefficient (Wildman–Crippen LogP) is 4.28. The Labute approximate surface area is 172 Å². The minimum Gasteiger partial charge on any atom is -0.368 e. The molecule has 0 bridgehead atoms. The van der Waals surface area contributed by atoms with E-state index in [4.69, 9.17) is 0 Å². The van der Waals surface area contributed by atoms with Crippen molar-refractivity contribution in [2.75, 3.05) is 41.3 Å². The van der Waals surface area contributed by atoms with Crippen molar-refractivity contribution in [3.05, 3.63) is 83.7 Å². The number of hydrogen-bond donors (Lipinski definition) is 1. The van der Waals surface area contributed by atoms with Crippen molar-refractivity contribution in [2.45, 2.75) is 13.8 Å². The molecule has 1 N–H and O–H groups in total. The van der Waals surface area contributed by atoms with Crippen LogP contribution in [0.2, 0.25) is 0 Å². The number of anilines is 3. The molecule has 2 heterocycles. The molecule has 5 heteroatoms. The van der Waals surface area contributed by atoms with Gasteiger partial charge in [0, 0.05) is 43.8 Å². The topological polar surface area (TPSA) is 48.5 Å². The Morgan fingerprint density at radius 2 is 1.55 bits per heavy atom. The Balaban J connectivity index is 1.44. The number of nitrogens with zero attached hydrogens (tertiary/aromatic N) is 3. The summed E-state index contributed by atoms with van der Waals surface area (Å²) in [6.45, 7) is 7.76. The molecule has 1 aromatic heterocycles. The number of nitrogens with one attached hydrogen (secondary N) is 1. The lowest BCUT2D eigenvalue weighted by Gasteiger charge is -2.37. The summed E-state index contributed by atoms with van der Waals surface area (Å²) in [5, 5.41) is 3.02. The van der Waals surface area contributed by atoms with Crippen LogP contribution in [-0.4, -0.2) is 37.1 Å². The molecule has 1 fully saturated rings. The highest BCUT2D eigenvalue weighted by Crippen LogP contribution is 2.22. The number of hydrogen-bond acceptors (Lipinski definition) is 4. The Hall–Kier alpha value is -3.34. The zero-order valence-electron chi connectivity index (χ0n) is 16.9. The standard InChI is InChI=1S/C24H26N4O/c1-18-7-6-10-23(19(18)2)26-24(29)20-15-22(17-25-16-20)28-13-11-27(12-14-28)21-8-4-3-5-9-21/h3-10,15-17H,11-14H2,1-2H3,(H,26,29). The molecule has 0 spiro atoms. The molecule has 1 amide bonds. The number of para-hydroxylation sites is 1. The summed E-state index contributed by atoms with van der Waals surface area (Å²) >= 11 is 0. The summed E-state index contributed by atoms with van der Waals surface area (Å²) < 4.78 is 0. The van der Waals surface area contributed by atoms with Crippen LogP contribution in [0.15, 0.2) is 67.0 Å². The first-order valence-electron chi connectivity index (χ1n) is 9.99. The lowest BCUT2D eigenvalue weighted by molar-refractivity contribution is 0.102. The van der Waals surface area contributed by atoms with E-state index in [2.05, 4.69) is 44.4 Å². The summed E-state index contributed by atoms with van der Waals surface area (Å²) in [6.07, 6.45) is 3.47. The van der Waals surface area contributed by atoms with Crippen molar-refractivity contribution in [2.24, 2.45) is 0 Å². The van der Waals surface area contributed by atoms with Crippen molar-refractivity contribution < 1.29 is 4.79 Å². The van der Waals surface area contributed by atoms with Crippen LogP contribution in [0.4, 0.5) is 17.1 Å². The Morgan fingerprint density at radius 3 is 2.28 bits per heavy atom. The summed E-state index contributed by atoms with van der Waals surface area (Å²) in [5.41, 5.74) is 5.91. The second-order valence-electron chi connectivity index (χ2n) is 7.44. The Kier molecular flexibility index (Phi) is 5.47. The second-order valence-corrected chi connectivity index (χ2v) is 7.44. The normalized spacial score (nSPS) is 14.0. The van der Waals surface area contributed by atoms with E-state index in [1.54, 1.807) is 6.20 Å². The van der Waals surface area contributed by atoms with E-state index < -0.39 is 0 Å². The van der Waals surface area contributed by atoms with Crippen LogP contribution in [0, 0.1) is 13.8 Å². The molecular formula is C24H26N4O. The average molecular weight is 386 g/mol. The minimum atomic E-state index is -0.129. The molecule has 2 aromatic carbocycles. The lowest BCUT2D eigenvalue weighted by atomic mass is 10.1. The van der Waals surface area contributed by atoms with Gasteiger partial charge in [0.15, 0.2) is 0 Å². The maximum Gasteiger partial charge on any atom is 0.257 e. The highest BCUT2D eigenvalue weighted by molar-refractivity contribution is 6.05. The summed E-state index contributed by atoms with van der Waals surface area (Å²) in [4.78, 5) is 21.8. The summed E-state index contributed by atoms with van der Waals surface area (Å²) in [6, 6.07) is 18.4. The number of aryl methyl sites for hydroxylation is 1. The van der Waals surface area contributed by atoms with Crippen LogP contribution in [-0.2, 0) is 0 Å². The molecule has 1 aliphatic rings. The molecule has 1 saturated heterocycles. The third-order valence-corrected chi connectivity index (χ3v) is 5.60. The Morgan fingerprint density at radius 1 is 0.862 bits per heavy atom. The number of aromatic nitrogens is 1. The predicted molar refractivity (Wildman–Crippen MR) is 119 cm³/mol. The summed E-state index contributed by atoms with van der Waals surface area (Å²) in [7, 11) is 0. The van der Waals surface area contributed by atoms with Crippen molar-refractivity contribution in [1.82, 2.24) is 4.98 Å². The number of benzene rings is 2. The van der Waals surface area contributed by atoms with E-state index in [9.17, 15) is 4.79 Å². The van der Waals surface area contributed by atoms with Gasteiger partial charge in [-0.25, -0.2) is 0 Å². The van der Waals surface area contributed by atoms with E-state index in [-0.39, 0.29) is 5.91 Å². The van der Waals surface area contributed by atoms with Crippen molar-refractivity contribution >= 4 is 23.0 Å². The first-order valence-corrected chi connectivity index (χ1v) is 9.99. The van der Waals surface area contributed by atoms with Crippen LogP contribution in [0.3, 0.4) is 0 Å². The molecule has 0 saturated carbocycles. The van der Waals surface area contributed by atoms with Crippen LogP contribution in [0.25, 0.3) is 0 Å². The number of carbonyl (C=O) groups excluding carboxylic acids is 1. The zero-order chi connectivity index (χ0) is 20.2. The largest absolute Gasteiger partial charge is 0.368 e. The molecule has 0 radical (unpaired) electrons. The van der Waals surface area contributed by atoms with Gasteiger partial charge >= 0.3 is 0 Å². The first kappa shape index (κ1) is 19.0. The van der Waals surface area contributed by atoms with E-state index in [0.29, 0.717) is 5.56 Å². The van der Waals surface area contributed by atoms with Gasteiger partial charge in [0.05, 0.1) is 17.4 Å². The highest BCUT2D eigenvalue weighted by Gasteiger charge is 2.19. The van der Waals surface area contributed by atoms with E-state index in [1.807, 2.05) is 50.4 Å². The van der Waals surface area contributed by atoms with E-state index in [0.717, 1.165) is 48.7 Å². The van der Waals surface area contributed by atoms with Crippen LogP contribution < -0.4 is 15.1 Å². The summed E-state index contributed by atoms with van der Waals surface area (Å²) in [5.74, 6) is -0.129. The molecule has 0 aliphatic carbocycles. The molecule has 1 aliphatic heterocycles. The van der Waals surface area contributed by atoms with Gasteiger partial charge in [-0.05, 0) is 49.2 Å². The minimum absolute atomic E-state index is 0.129. The number of amides is 1. The fourth-order valence-corrected chi connectivity index (χ4v) is 3.67. The third-order valence-electron chi connectivity index (χ3n) is 5.60. The van der Waals surface area contributed by atoms with Gasteiger partial charge < -0.3 is 15.1 Å². The van der Waals surface area contributed by atoms with Gasteiger partial charge in [0.25, 0.3) is 5.91 Å². The van der Waals surface area contributed by atoms with Crippen molar-refractivity contribution in [3.8, 4) is 0 Å². The van der Waals surface area contributed by atoms with E-state index in [1.165, 1.54) is 5.69 Å². The lowest BCUT2D eigenvalue weighted by Crippen LogP contribution is -2.46.